The number of allylic oxidation sites excluding steroid dienone is 1. The van der Waals surface area contributed by atoms with Gasteiger partial charge in [-0.25, -0.2) is 4.98 Å². The Kier molecular flexibility index (Phi) is 4.30. The van der Waals surface area contributed by atoms with Crippen LogP contribution in [-0.4, -0.2) is 18.2 Å². The molecule has 3 N–H and O–H groups in total. The smallest absolute Gasteiger partial charge is 0.140 e. The van der Waals surface area contributed by atoms with E-state index in [1.165, 1.54) is 0 Å². The number of aromatic nitrogens is 1. The van der Waals surface area contributed by atoms with Crippen LogP contribution in [0.4, 0.5) is 11.6 Å². The molecule has 0 fully saturated rings. The monoisotopic (exact) mass is 268 g/mol. The van der Waals surface area contributed by atoms with Crippen molar-refractivity contribution in [3.63, 3.8) is 0 Å². The molecule has 0 bridgehead atoms. The van der Waals surface area contributed by atoms with Gasteiger partial charge in [0, 0.05) is 19.5 Å². The average Bonchev–Trinajstić information content (AvgIpc) is 2.21. The van der Waals surface area contributed by atoms with E-state index in [0.717, 1.165) is 10.0 Å². The molecule has 0 atom stereocenters. The molecule has 0 aliphatic rings. The molecule has 80 valence electrons. The summed E-state index contributed by atoms with van der Waals surface area (Å²) in [4.78, 5) is 7.97. The number of rotatable bonds is 3. The molecule has 0 saturated heterocycles. The van der Waals surface area contributed by atoms with E-state index in [9.17, 15) is 0 Å². The lowest BCUT2D eigenvalue weighted by Gasteiger charge is -2.05. The maximum Gasteiger partial charge on any atom is 0.140 e. The van der Waals surface area contributed by atoms with Crippen LogP contribution in [0.15, 0.2) is 27.8 Å². The zero-order chi connectivity index (χ0) is 11.3. The van der Waals surface area contributed by atoms with Gasteiger partial charge in [0.2, 0.25) is 0 Å². The van der Waals surface area contributed by atoms with Crippen molar-refractivity contribution in [2.24, 2.45) is 4.99 Å². The van der Waals surface area contributed by atoms with Crippen molar-refractivity contribution >= 4 is 33.8 Å². The second-order valence-electron chi connectivity index (χ2n) is 2.93. The minimum absolute atomic E-state index is 0.482. The van der Waals surface area contributed by atoms with Gasteiger partial charge in [0.1, 0.15) is 11.6 Å². The van der Waals surface area contributed by atoms with Crippen molar-refractivity contribution in [1.29, 1.82) is 0 Å². The second-order valence-corrected chi connectivity index (χ2v) is 3.73. The van der Waals surface area contributed by atoms with Crippen molar-refractivity contribution in [1.82, 2.24) is 4.98 Å². The first-order valence-electron chi connectivity index (χ1n) is 4.41. The summed E-state index contributed by atoms with van der Waals surface area (Å²) in [6.45, 7) is 1.96. The zero-order valence-corrected chi connectivity index (χ0v) is 10.2. The summed E-state index contributed by atoms with van der Waals surface area (Å²) >= 11 is 3.35. The molecule has 0 spiro atoms. The van der Waals surface area contributed by atoms with E-state index in [0.29, 0.717) is 11.6 Å². The zero-order valence-electron chi connectivity index (χ0n) is 8.66. The fourth-order valence-electron chi connectivity index (χ4n) is 1.02. The summed E-state index contributed by atoms with van der Waals surface area (Å²) in [6.07, 6.45) is 5.22. The van der Waals surface area contributed by atoms with Crippen LogP contribution in [0.1, 0.15) is 5.56 Å². The third kappa shape index (κ3) is 3.36. The minimum atomic E-state index is 0.482. The lowest BCUT2D eigenvalue weighted by atomic mass is 10.3. The molecule has 0 saturated carbocycles. The van der Waals surface area contributed by atoms with E-state index >= 15 is 0 Å². The summed E-state index contributed by atoms with van der Waals surface area (Å²) in [5.41, 5.74) is 6.75. The lowest BCUT2D eigenvalue weighted by Crippen LogP contribution is -1.98. The van der Waals surface area contributed by atoms with Crippen molar-refractivity contribution < 1.29 is 0 Å². The van der Waals surface area contributed by atoms with Crippen molar-refractivity contribution in [2.75, 3.05) is 18.1 Å². The van der Waals surface area contributed by atoms with Gasteiger partial charge in [-0.05, 0) is 40.6 Å². The molecule has 0 aromatic carbocycles. The number of nitrogens with one attached hydrogen (secondary N) is 1. The van der Waals surface area contributed by atoms with Crippen LogP contribution in [-0.2, 0) is 0 Å². The fraction of sp³-hybridized carbons (Fsp3) is 0.200. The number of halogens is 1. The molecule has 0 radical (unpaired) electrons. The van der Waals surface area contributed by atoms with Crippen molar-refractivity contribution in [3.8, 4) is 0 Å². The molecule has 1 aromatic rings. The van der Waals surface area contributed by atoms with Crippen LogP contribution in [0.5, 0.6) is 0 Å². The maximum absolute atomic E-state index is 5.70. The molecule has 0 unspecified atom stereocenters. The molecule has 0 aliphatic heterocycles. The second kappa shape index (κ2) is 5.50. The van der Waals surface area contributed by atoms with Gasteiger partial charge in [-0.2, -0.15) is 0 Å². The molecular formula is C10H13BrN4. The van der Waals surface area contributed by atoms with Gasteiger partial charge in [0.15, 0.2) is 0 Å². The lowest BCUT2D eigenvalue weighted by molar-refractivity contribution is 1.26. The number of nitrogen functional groups attached to an aromatic ring is 1. The summed E-state index contributed by atoms with van der Waals surface area (Å²) in [6, 6.07) is 1.91. The van der Waals surface area contributed by atoms with Crippen LogP contribution in [0.25, 0.3) is 0 Å². The van der Waals surface area contributed by atoms with Crippen LogP contribution in [0, 0.1) is 6.92 Å². The number of pyridine rings is 1. The van der Waals surface area contributed by atoms with Crippen LogP contribution in [0.3, 0.4) is 0 Å². The number of hydrogen-bond donors (Lipinski definition) is 2. The van der Waals surface area contributed by atoms with Crippen LogP contribution in [0.2, 0.25) is 0 Å². The van der Waals surface area contributed by atoms with Crippen molar-refractivity contribution in [3.05, 3.63) is 28.4 Å². The number of nitrogens with two attached hydrogens (primary N) is 1. The summed E-state index contributed by atoms with van der Waals surface area (Å²) in [5, 5.41) is 3.00. The Morgan fingerprint density at radius 1 is 1.60 bits per heavy atom. The third-order valence-corrected chi connectivity index (χ3v) is 2.76. The number of anilines is 2. The number of aryl methyl sites for hydroxylation is 1. The number of hydrogen-bond acceptors (Lipinski definition) is 4. The predicted octanol–water partition coefficient (Wildman–Crippen LogP) is 2.36. The topological polar surface area (TPSA) is 63.3 Å². The normalized spacial score (nSPS) is 11.4. The molecule has 0 amide bonds. The van der Waals surface area contributed by atoms with E-state index in [1.807, 2.05) is 13.0 Å². The predicted molar refractivity (Wildman–Crippen MR) is 68.3 cm³/mol. The maximum atomic E-state index is 5.70. The molecule has 15 heavy (non-hydrogen) atoms. The Hall–Kier alpha value is -1.36. The Balaban J connectivity index is 2.79. The van der Waals surface area contributed by atoms with E-state index in [4.69, 9.17) is 5.73 Å². The highest BCUT2D eigenvalue weighted by atomic mass is 79.9. The highest BCUT2D eigenvalue weighted by Crippen LogP contribution is 2.24. The summed E-state index contributed by atoms with van der Waals surface area (Å²) in [7, 11) is 1.71. The Labute approximate surface area is 97.4 Å². The van der Waals surface area contributed by atoms with Gasteiger partial charge in [0.05, 0.1) is 4.47 Å². The van der Waals surface area contributed by atoms with Crippen LogP contribution >= 0.6 is 15.9 Å². The van der Waals surface area contributed by atoms with E-state index in [2.05, 4.69) is 31.2 Å². The van der Waals surface area contributed by atoms with Gasteiger partial charge in [-0.1, -0.05) is 0 Å². The highest BCUT2D eigenvalue weighted by Gasteiger charge is 2.02. The highest BCUT2D eigenvalue weighted by molar-refractivity contribution is 9.10. The number of nitrogens with zero attached hydrogens (tertiary/aromatic N) is 2. The molecular weight excluding hydrogens is 256 g/mol. The molecule has 4 nitrogen and oxygen atoms in total. The minimum Gasteiger partial charge on any atom is -0.383 e. The molecule has 0 aliphatic carbocycles. The quantitative estimate of drug-likeness (QED) is 0.828. The molecule has 5 heteroatoms. The first kappa shape index (κ1) is 11.7. The average molecular weight is 269 g/mol. The van der Waals surface area contributed by atoms with Gasteiger partial charge in [-0.15, -0.1) is 0 Å². The van der Waals surface area contributed by atoms with E-state index in [-0.39, 0.29) is 0 Å². The Bertz CT molecular complexity index is 375. The van der Waals surface area contributed by atoms with Crippen molar-refractivity contribution in [2.45, 2.75) is 6.92 Å². The summed E-state index contributed by atoms with van der Waals surface area (Å²) < 4.78 is 0.840. The molecule has 1 aromatic heterocycles. The SMILES string of the molecule is C/N=C\C=C/Nc1cc(C)c(Br)c(N)n1. The molecule has 1 heterocycles. The van der Waals surface area contributed by atoms with Gasteiger partial charge < -0.3 is 11.1 Å². The third-order valence-electron chi connectivity index (χ3n) is 1.73. The first-order chi connectivity index (χ1) is 7.15. The Morgan fingerprint density at radius 2 is 2.33 bits per heavy atom. The van der Waals surface area contributed by atoms with Gasteiger partial charge in [-0.3, -0.25) is 4.99 Å². The first-order valence-corrected chi connectivity index (χ1v) is 5.21. The standard InChI is InChI=1S/C10H13BrN4/c1-7-6-8(14-5-3-4-13-2)15-10(12)9(7)11/h3-6H,1-2H3,(H3,12,14,15)/b5-3-,13-4-. The molecule has 1 rings (SSSR count). The van der Waals surface area contributed by atoms with E-state index < -0.39 is 0 Å². The fourth-order valence-corrected chi connectivity index (χ4v) is 1.22. The Morgan fingerprint density at radius 3 is 2.93 bits per heavy atom. The summed E-state index contributed by atoms with van der Waals surface area (Å²) in [5.74, 6) is 1.20. The number of aliphatic imine (C=N–C) groups is 1. The van der Waals surface area contributed by atoms with Gasteiger partial charge in [0.25, 0.3) is 0 Å². The largest absolute Gasteiger partial charge is 0.383 e. The van der Waals surface area contributed by atoms with Crippen LogP contribution < -0.4 is 11.1 Å². The van der Waals surface area contributed by atoms with E-state index in [1.54, 1.807) is 25.5 Å². The van der Waals surface area contributed by atoms with Gasteiger partial charge >= 0.3 is 0 Å².